The number of piperazine rings is 1. The molecule has 1 fully saturated rings. The van der Waals surface area contributed by atoms with Crippen LogP contribution in [0.2, 0.25) is 0 Å². The van der Waals surface area contributed by atoms with Gasteiger partial charge >= 0.3 is 0 Å². The van der Waals surface area contributed by atoms with E-state index in [-0.39, 0.29) is 0 Å². The van der Waals surface area contributed by atoms with E-state index < -0.39 is 0 Å². The summed E-state index contributed by atoms with van der Waals surface area (Å²) in [6.07, 6.45) is 2.69. The molecule has 2 aromatic carbocycles. The smallest absolute Gasteiger partial charge is 0.229 e. The normalized spacial score (nSPS) is 14.2. The van der Waals surface area contributed by atoms with Crippen LogP contribution in [0.1, 0.15) is 18.9 Å². The summed E-state index contributed by atoms with van der Waals surface area (Å²) in [7, 11) is 2.17. The molecule has 174 valence electrons. The second-order valence-corrected chi connectivity index (χ2v) is 9.13. The standard InChI is InChI=1S/C25H31BrN6O/c1-4-15-33-23-16-19(32-13-11-31(3)12-14-32)9-10-22(23)29-25-27-17-20(26)24(30-25)28-21-8-6-5-7-18(21)2/h5-10,16-17H,4,11-15H2,1-3H3,(H2,27,28,29,30). The lowest BCUT2D eigenvalue weighted by Crippen LogP contribution is -2.44. The van der Waals surface area contributed by atoms with Crippen LogP contribution in [-0.4, -0.2) is 54.7 Å². The summed E-state index contributed by atoms with van der Waals surface area (Å²) < 4.78 is 6.89. The van der Waals surface area contributed by atoms with Crippen LogP contribution in [0.3, 0.4) is 0 Å². The number of aromatic nitrogens is 2. The van der Waals surface area contributed by atoms with E-state index in [1.54, 1.807) is 6.20 Å². The summed E-state index contributed by atoms with van der Waals surface area (Å²) >= 11 is 3.56. The molecule has 4 rings (SSSR count). The molecule has 0 aliphatic carbocycles. The van der Waals surface area contributed by atoms with Gasteiger partial charge in [0.25, 0.3) is 0 Å². The molecule has 0 radical (unpaired) electrons. The highest BCUT2D eigenvalue weighted by Crippen LogP contribution is 2.33. The largest absolute Gasteiger partial charge is 0.491 e. The monoisotopic (exact) mass is 510 g/mol. The van der Waals surface area contributed by atoms with Crippen LogP contribution in [0.25, 0.3) is 0 Å². The average Bonchev–Trinajstić information content (AvgIpc) is 2.82. The van der Waals surface area contributed by atoms with E-state index in [9.17, 15) is 0 Å². The molecule has 0 atom stereocenters. The summed E-state index contributed by atoms with van der Waals surface area (Å²) in [5.41, 5.74) is 4.18. The molecule has 0 unspecified atom stereocenters. The third-order valence-electron chi connectivity index (χ3n) is 5.68. The van der Waals surface area contributed by atoms with Crippen molar-refractivity contribution in [2.45, 2.75) is 20.3 Å². The van der Waals surface area contributed by atoms with Crippen LogP contribution in [-0.2, 0) is 0 Å². The molecule has 0 bridgehead atoms. The number of hydrogen-bond acceptors (Lipinski definition) is 7. The lowest BCUT2D eigenvalue weighted by Gasteiger charge is -2.34. The molecule has 2 N–H and O–H groups in total. The molecule has 3 aromatic rings. The Morgan fingerprint density at radius 3 is 2.58 bits per heavy atom. The minimum atomic E-state index is 0.503. The van der Waals surface area contributed by atoms with E-state index in [0.717, 1.165) is 59.8 Å². The SMILES string of the molecule is CCCOc1cc(N2CCN(C)CC2)ccc1Nc1ncc(Br)c(Nc2ccccc2C)n1. The molecule has 0 spiro atoms. The summed E-state index contributed by atoms with van der Waals surface area (Å²) in [6, 6.07) is 14.4. The maximum atomic E-state index is 6.10. The lowest BCUT2D eigenvalue weighted by atomic mass is 10.2. The number of aryl methyl sites for hydroxylation is 1. The molecule has 0 saturated carbocycles. The first-order valence-electron chi connectivity index (χ1n) is 11.4. The zero-order valence-electron chi connectivity index (χ0n) is 19.4. The molecule has 2 heterocycles. The van der Waals surface area contributed by atoms with Gasteiger partial charge < -0.3 is 25.2 Å². The lowest BCUT2D eigenvalue weighted by molar-refractivity contribution is 0.311. The quantitative estimate of drug-likeness (QED) is 0.410. The molecule has 1 aliphatic heterocycles. The fraction of sp³-hybridized carbons (Fsp3) is 0.360. The van der Waals surface area contributed by atoms with Crippen molar-refractivity contribution in [1.82, 2.24) is 14.9 Å². The van der Waals surface area contributed by atoms with Crippen molar-refractivity contribution in [1.29, 1.82) is 0 Å². The van der Waals surface area contributed by atoms with Crippen LogP contribution in [0, 0.1) is 6.92 Å². The Bertz CT molecular complexity index is 1080. The molecule has 1 aliphatic rings. The van der Waals surface area contributed by atoms with Crippen LogP contribution < -0.4 is 20.3 Å². The fourth-order valence-corrected chi connectivity index (χ4v) is 3.97. The Morgan fingerprint density at radius 1 is 1.03 bits per heavy atom. The van der Waals surface area contributed by atoms with Gasteiger partial charge in [-0.25, -0.2) is 4.98 Å². The van der Waals surface area contributed by atoms with Crippen molar-refractivity contribution in [2.75, 3.05) is 55.4 Å². The van der Waals surface area contributed by atoms with Crippen LogP contribution in [0.4, 0.5) is 28.8 Å². The maximum absolute atomic E-state index is 6.10. The Morgan fingerprint density at radius 2 is 1.82 bits per heavy atom. The summed E-state index contributed by atoms with van der Waals surface area (Å²) in [5.74, 6) is 2.02. The van der Waals surface area contributed by atoms with Crippen molar-refractivity contribution in [3.63, 3.8) is 0 Å². The maximum Gasteiger partial charge on any atom is 0.229 e. The topological polar surface area (TPSA) is 65.6 Å². The number of hydrogen-bond donors (Lipinski definition) is 2. The van der Waals surface area contributed by atoms with E-state index in [2.05, 4.69) is 86.5 Å². The molecule has 8 heteroatoms. The van der Waals surface area contributed by atoms with Crippen LogP contribution in [0.15, 0.2) is 53.1 Å². The second kappa shape index (κ2) is 10.9. The van der Waals surface area contributed by atoms with Gasteiger partial charge in [0, 0.05) is 49.8 Å². The predicted octanol–water partition coefficient (Wildman–Crippen LogP) is 5.58. The van der Waals surface area contributed by atoms with Gasteiger partial charge in [0.1, 0.15) is 11.6 Å². The van der Waals surface area contributed by atoms with Gasteiger partial charge in [0.2, 0.25) is 5.95 Å². The van der Waals surface area contributed by atoms with Crippen molar-refractivity contribution < 1.29 is 4.74 Å². The van der Waals surface area contributed by atoms with Crippen molar-refractivity contribution in [3.05, 3.63) is 58.7 Å². The minimum Gasteiger partial charge on any atom is -0.491 e. The summed E-state index contributed by atoms with van der Waals surface area (Å²) in [5, 5.41) is 6.74. The zero-order chi connectivity index (χ0) is 23.2. The van der Waals surface area contributed by atoms with Crippen molar-refractivity contribution in [2.24, 2.45) is 0 Å². The van der Waals surface area contributed by atoms with E-state index in [1.165, 1.54) is 5.69 Å². The highest BCUT2D eigenvalue weighted by molar-refractivity contribution is 9.10. The van der Waals surface area contributed by atoms with Crippen molar-refractivity contribution >= 4 is 44.8 Å². The average molecular weight is 511 g/mol. The van der Waals surface area contributed by atoms with E-state index in [1.807, 2.05) is 18.2 Å². The minimum absolute atomic E-state index is 0.503. The van der Waals surface area contributed by atoms with Gasteiger partial charge in [-0.3, -0.25) is 0 Å². The van der Waals surface area contributed by atoms with Gasteiger partial charge in [-0.15, -0.1) is 0 Å². The third kappa shape index (κ3) is 5.94. The molecular formula is C25H31BrN6O. The molecule has 7 nitrogen and oxygen atoms in total. The molecule has 1 aromatic heterocycles. The number of para-hydroxylation sites is 1. The highest BCUT2D eigenvalue weighted by Gasteiger charge is 2.17. The zero-order valence-corrected chi connectivity index (χ0v) is 21.0. The third-order valence-corrected chi connectivity index (χ3v) is 6.26. The van der Waals surface area contributed by atoms with Gasteiger partial charge in [0.15, 0.2) is 0 Å². The Labute approximate surface area is 204 Å². The molecule has 1 saturated heterocycles. The van der Waals surface area contributed by atoms with Gasteiger partial charge in [-0.05, 0) is 60.1 Å². The number of benzene rings is 2. The number of nitrogens with zero attached hydrogens (tertiary/aromatic N) is 4. The Hall–Kier alpha value is -2.84. The van der Waals surface area contributed by atoms with E-state index in [0.29, 0.717) is 18.4 Å². The first-order chi connectivity index (χ1) is 16.0. The van der Waals surface area contributed by atoms with Crippen LogP contribution in [0.5, 0.6) is 5.75 Å². The molecule has 33 heavy (non-hydrogen) atoms. The number of likely N-dealkylation sites (N-methyl/N-ethyl adjacent to an activating group) is 1. The number of nitrogens with one attached hydrogen (secondary N) is 2. The molecule has 0 amide bonds. The van der Waals surface area contributed by atoms with Crippen molar-refractivity contribution in [3.8, 4) is 5.75 Å². The van der Waals surface area contributed by atoms with E-state index in [4.69, 9.17) is 9.72 Å². The molecular weight excluding hydrogens is 480 g/mol. The highest BCUT2D eigenvalue weighted by atomic mass is 79.9. The first kappa shape index (κ1) is 23.3. The van der Waals surface area contributed by atoms with Gasteiger partial charge in [-0.2, -0.15) is 4.98 Å². The second-order valence-electron chi connectivity index (χ2n) is 8.27. The van der Waals surface area contributed by atoms with Gasteiger partial charge in [0.05, 0.1) is 16.8 Å². The summed E-state index contributed by atoms with van der Waals surface area (Å²) in [4.78, 5) is 13.9. The number of anilines is 5. The Kier molecular flexibility index (Phi) is 7.67. The van der Waals surface area contributed by atoms with E-state index >= 15 is 0 Å². The number of ether oxygens (including phenoxy) is 1. The first-order valence-corrected chi connectivity index (χ1v) is 12.2. The van der Waals surface area contributed by atoms with Crippen LogP contribution >= 0.6 is 15.9 Å². The Balaban J connectivity index is 1.56. The predicted molar refractivity (Wildman–Crippen MR) is 139 cm³/mol. The fourth-order valence-electron chi connectivity index (χ4n) is 3.68. The summed E-state index contributed by atoms with van der Waals surface area (Å²) in [6.45, 7) is 8.99. The number of halogens is 1. The van der Waals surface area contributed by atoms with Gasteiger partial charge in [-0.1, -0.05) is 25.1 Å². The number of rotatable bonds is 8.